The van der Waals surface area contributed by atoms with Gasteiger partial charge in [-0.05, 0) is 37.1 Å². The first-order valence-corrected chi connectivity index (χ1v) is 11.2. The summed E-state index contributed by atoms with van der Waals surface area (Å²) in [6, 6.07) is 15.6. The van der Waals surface area contributed by atoms with Gasteiger partial charge in [-0.1, -0.05) is 49.2 Å². The van der Waals surface area contributed by atoms with Gasteiger partial charge in [-0.15, -0.1) is 0 Å². The molecule has 0 aromatic heterocycles. The first-order valence-electron chi connectivity index (χ1n) is 8.35. The van der Waals surface area contributed by atoms with E-state index in [2.05, 4.69) is 0 Å². The van der Waals surface area contributed by atoms with Crippen LogP contribution in [0.2, 0.25) is 0 Å². The Hall–Kier alpha value is -1.74. The maximum atomic E-state index is 12.5. The zero-order valence-corrected chi connectivity index (χ0v) is 15.7. The third-order valence-corrected chi connectivity index (χ3v) is 6.91. The molecule has 2 atom stereocenters. The number of hydrogen-bond acceptors (Lipinski definition) is 6. The van der Waals surface area contributed by atoms with Crippen molar-refractivity contribution in [1.82, 2.24) is 0 Å². The van der Waals surface area contributed by atoms with Gasteiger partial charge in [0.2, 0.25) is 0 Å². The van der Waals surface area contributed by atoms with E-state index in [1.807, 2.05) is 0 Å². The minimum absolute atomic E-state index is 0.0373. The fraction of sp³-hybridized carbons (Fsp3) is 0.333. The van der Waals surface area contributed by atoms with Crippen LogP contribution in [-0.4, -0.2) is 29.0 Å². The van der Waals surface area contributed by atoms with Crippen LogP contribution in [0.25, 0.3) is 0 Å². The predicted molar refractivity (Wildman–Crippen MR) is 95.5 cm³/mol. The third-order valence-electron chi connectivity index (χ3n) is 4.21. The highest BCUT2D eigenvalue weighted by Gasteiger charge is 2.35. The van der Waals surface area contributed by atoms with Crippen LogP contribution in [0.1, 0.15) is 25.7 Å². The Bertz CT molecular complexity index is 845. The van der Waals surface area contributed by atoms with Gasteiger partial charge in [0.15, 0.2) is 0 Å². The van der Waals surface area contributed by atoms with E-state index in [0.717, 1.165) is 12.8 Å². The SMILES string of the molecule is O=S(=O)(O[C@@H]1CCCC[C@H]1OS(=O)(=O)c1ccccc1)c1ccccc1. The van der Waals surface area contributed by atoms with Crippen molar-refractivity contribution in [1.29, 1.82) is 0 Å². The van der Waals surface area contributed by atoms with E-state index < -0.39 is 32.4 Å². The van der Waals surface area contributed by atoms with E-state index in [0.29, 0.717) is 12.8 Å². The Labute approximate surface area is 154 Å². The van der Waals surface area contributed by atoms with Gasteiger partial charge in [0.05, 0.1) is 9.79 Å². The highest BCUT2D eigenvalue weighted by molar-refractivity contribution is 7.87. The van der Waals surface area contributed by atoms with Crippen molar-refractivity contribution < 1.29 is 25.2 Å². The molecule has 0 radical (unpaired) electrons. The van der Waals surface area contributed by atoms with Crippen LogP contribution in [0.3, 0.4) is 0 Å². The third kappa shape index (κ3) is 4.50. The van der Waals surface area contributed by atoms with Gasteiger partial charge in [-0.2, -0.15) is 16.8 Å². The van der Waals surface area contributed by atoms with Crippen LogP contribution in [0.4, 0.5) is 0 Å². The molecule has 26 heavy (non-hydrogen) atoms. The van der Waals surface area contributed by atoms with Gasteiger partial charge >= 0.3 is 0 Å². The molecule has 0 aliphatic heterocycles. The number of rotatable bonds is 6. The lowest BCUT2D eigenvalue weighted by Crippen LogP contribution is -2.37. The van der Waals surface area contributed by atoms with Crippen molar-refractivity contribution in [3.05, 3.63) is 60.7 Å². The normalized spacial score (nSPS) is 21.4. The molecule has 140 valence electrons. The topological polar surface area (TPSA) is 86.7 Å². The molecule has 2 aromatic carbocycles. The van der Waals surface area contributed by atoms with E-state index >= 15 is 0 Å². The lowest BCUT2D eigenvalue weighted by molar-refractivity contribution is 0.0311. The monoisotopic (exact) mass is 396 g/mol. The van der Waals surface area contributed by atoms with Gasteiger partial charge in [-0.25, -0.2) is 0 Å². The fourth-order valence-electron chi connectivity index (χ4n) is 2.89. The average Bonchev–Trinajstić information content (AvgIpc) is 2.64. The summed E-state index contributed by atoms with van der Waals surface area (Å²) in [5, 5.41) is 0. The maximum Gasteiger partial charge on any atom is 0.297 e. The minimum Gasteiger partial charge on any atom is -0.260 e. The summed E-state index contributed by atoms with van der Waals surface area (Å²) in [4.78, 5) is 0.0745. The van der Waals surface area contributed by atoms with Crippen LogP contribution in [0.15, 0.2) is 70.5 Å². The molecular formula is C18H20O6S2. The summed E-state index contributed by atoms with van der Waals surface area (Å²) in [6.07, 6.45) is 0.655. The first kappa shape index (κ1) is 19.0. The quantitative estimate of drug-likeness (QED) is 0.698. The van der Waals surface area contributed by atoms with E-state index in [1.165, 1.54) is 24.3 Å². The van der Waals surface area contributed by atoms with Crippen LogP contribution in [0.5, 0.6) is 0 Å². The van der Waals surface area contributed by atoms with Gasteiger partial charge in [0, 0.05) is 0 Å². The molecule has 0 amide bonds. The van der Waals surface area contributed by atoms with E-state index in [4.69, 9.17) is 8.37 Å². The molecule has 1 saturated carbocycles. The Balaban J connectivity index is 1.78. The smallest absolute Gasteiger partial charge is 0.260 e. The zero-order valence-electron chi connectivity index (χ0n) is 14.0. The molecule has 2 aromatic rings. The van der Waals surface area contributed by atoms with Crippen molar-refractivity contribution in [2.75, 3.05) is 0 Å². The Morgan fingerprint density at radius 3 is 1.31 bits per heavy atom. The van der Waals surface area contributed by atoms with E-state index in [1.54, 1.807) is 36.4 Å². The molecule has 3 rings (SSSR count). The van der Waals surface area contributed by atoms with Crippen LogP contribution in [-0.2, 0) is 28.6 Å². The van der Waals surface area contributed by atoms with Crippen molar-refractivity contribution in [3.8, 4) is 0 Å². The Kier molecular flexibility index (Phi) is 5.76. The van der Waals surface area contributed by atoms with Gasteiger partial charge in [0.1, 0.15) is 12.2 Å². The van der Waals surface area contributed by atoms with Crippen molar-refractivity contribution in [3.63, 3.8) is 0 Å². The Morgan fingerprint density at radius 1 is 0.615 bits per heavy atom. The molecule has 0 spiro atoms. The molecule has 0 N–H and O–H groups in total. The predicted octanol–water partition coefficient (Wildman–Crippen LogP) is 3.11. The van der Waals surface area contributed by atoms with Crippen LogP contribution in [0, 0.1) is 0 Å². The highest BCUT2D eigenvalue weighted by atomic mass is 32.2. The second-order valence-electron chi connectivity index (χ2n) is 6.09. The van der Waals surface area contributed by atoms with E-state index in [-0.39, 0.29) is 9.79 Å². The molecule has 1 aliphatic carbocycles. The molecule has 6 nitrogen and oxygen atoms in total. The summed E-state index contributed by atoms with van der Waals surface area (Å²) in [6.45, 7) is 0. The van der Waals surface area contributed by atoms with E-state index in [9.17, 15) is 16.8 Å². The zero-order chi connectivity index (χ0) is 18.6. The number of benzene rings is 2. The van der Waals surface area contributed by atoms with Gasteiger partial charge < -0.3 is 0 Å². The fourth-order valence-corrected chi connectivity index (χ4v) is 5.19. The molecule has 0 bridgehead atoms. The van der Waals surface area contributed by atoms with Crippen LogP contribution >= 0.6 is 0 Å². The van der Waals surface area contributed by atoms with Gasteiger partial charge in [0.25, 0.3) is 20.2 Å². The van der Waals surface area contributed by atoms with Crippen molar-refractivity contribution in [2.45, 2.75) is 47.7 Å². The molecular weight excluding hydrogens is 376 g/mol. The van der Waals surface area contributed by atoms with Crippen molar-refractivity contribution >= 4 is 20.2 Å². The molecule has 8 heteroatoms. The summed E-state index contributed by atoms with van der Waals surface area (Å²) in [7, 11) is -7.98. The molecule has 1 fully saturated rings. The summed E-state index contributed by atoms with van der Waals surface area (Å²) in [5.74, 6) is 0. The first-order chi connectivity index (χ1) is 12.4. The lowest BCUT2D eigenvalue weighted by atomic mass is 9.95. The molecule has 1 aliphatic rings. The molecule has 0 heterocycles. The molecule has 0 unspecified atom stereocenters. The maximum absolute atomic E-state index is 12.5. The van der Waals surface area contributed by atoms with Crippen molar-refractivity contribution in [2.24, 2.45) is 0 Å². The average molecular weight is 396 g/mol. The second kappa shape index (κ2) is 7.87. The van der Waals surface area contributed by atoms with Gasteiger partial charge in [-0.3, -0.25) is 8.37 Å². The minimum atomic E-state index is -3.99. The Morgan fingerprint density at radius 2 is 0.962 bits per heavy atom. The van der Waals surface area contributed by atoms with Crippen LogP contribution < -0.4 is 0 Å². The molecule has 0 saturated heterocycles. The highest BCUT2D eigenvalue weighted by Crippen LogP contribution is 2.29. The standard InChI is InChI=1S/C18H20O6S2/c19-25(20,15-9-3-1-4-10-15)23-17-13-7-8-14-18(17)24-26(21,22)16-11-5-2-6-12-16/h1-6,9-12,17-18H,7-8,13-14H2/t17-,18-/m1/s1. The summed E-state index contributed by atoms with van der Waals surface area (Å²) >= 11 is 0. The number of hydrogen-bond donors (Lipinski definition) is 0. The largest absolute Gasteiger partial charge is 0.297 e. The summed E-state index contributed by atoms with van der Waals surface area (Å²) < 4.78 is 60.5. The lowest BCUT2D eigenvalue weighted by Gasteiger charge is -2.30. The second-order valence-corrected chi connectivity index (χ2v) is 9.23. The summed E-state index contributed by atoms with van der Waals surface area (Å²) in [5.41, 5.74) is 0.